The first-order valence-corrected chi connectivity index (χ1v) is 6.47. The van der Waals surface area contributed by atoms with Crippen molar-refractivity contribution in [1.29, 1.82) is 0 Å². The molecule has 2 atom stereocenters. The molecule has 1 aromatic heterocycles. The van der Waals surface area contributed by atoms with Gasteiger partial charge in [-0.25, -0.2) is 0 Å². The monoisotopic (exact) mass is 226 g/mol. The Labute approximate surface area is 94.9 Å². The standard InChI is InChI=1S/C12H18O2S/c1-10-8-12(13,5-6-14-10)4-2-11-3-7-15-9-11/h3,7,9-10,13H,2,4-6,8H2,1H3. The molecule has 2 nitrogen and oxygen atoms in total. The first kappa shape index (κ1) is 11.1. The molecule has 1 N–H and O–H groups in total. The van der Waals surface area contributed by atoms with Gasteiger partial charge in [0, 0.05) is 13.0 Å². The summed E-state index contributed by atoms with van der Waals surface area (Å²) >= 11 is 1.72. The van der Waals surface area contributed by atoms with Crippen molar-refractivity contribution in [3.05, 3.63) is 22.4 Å². The molecule has 0 aromatic carbocycles. The van der Waals surface area contributed by atoms with Gasteiger partial charge in [-0.3, -0.25) is 0 Å². The molecule has 3 heteroatoms. The summed E-state index contributed by atoms with van der Waals surface area (Å²) in [6.45, 7) is 2.73. The quantitative estimate of drug-likeness (QED) is 0.858. The van der Waals surface area contributed by atoms with Crippen LogP contribution in [-0.2, 0) is 11.2 Å². The van der Waals surface area contributed by atoms with Crippen LogP contribution < -0.4 is 0 Å². The Bertz CT molecular complexity index is 297. The molecule has 1 fully saturated rings. The Kier molecular flexibility index (Phi) is 3.44. The third-order valence-electron chi connectivity index (χ3n) is 3.10. The summed E-state index contributed by atoms with van der Waals surface area (Å²) in [5.74, 6) is 0. The van der Waals surface area contributed by atoms with Crippen LogP contribution in [0.4, 0.5) is 0 Å². The van der Waals surface area contributed by atoms with Crippen molar-refractivity contribution in [2.75, 3.05) is 6.61 Å². The predicted molar refractivity (Wildman–Crippen MR) is 62.2 cm³/mol. The van der Waals surface area contributed by atoms with Crippen LogP contribution in [0.15, 0.2) is 16.8 Å². The molecule has 0 amide bonds. The molecule has 2 unspecified atom stereocenters. The number of hydrogen-bond donors (Lipinski definition) is 1. The minimum Gasteiger partial charge on any atom is -0.390 e. The second kappa shape index (κ2) is 4.64. The Hall–Kier alpha value is -0.380. The highest BCUT2D eigenvalue weighted by molar-refractivity contribution is 7.07. The smallest absolute Gasteiger partial charge is 0.0697 e. The van der Waals surface area contributed by atoms with E-state index in [0.29, 0.717) is 6.61 Å². The summed E-state index contributed by atoms with van der Waals surface area (Å²) in [6, 6.07) is 2.14. The molecule has 15 heavy (non-hydrogen) atoms. The van der Waals surface area contributed by atoms with Gasteiger partial charge in [-0.1, -0.05) is 0 Å². The maximum absolute atomic E-state index is 10.4. The van der Waals surface area contributed by atoms with Crippen LogP contribution in [0.25, 0.3) is 0 Å². The minimum absolute atomic E-state index is 0.200. The summed E-state index contributed by atoms with van der Waals surface area (Å²) < 4.78 is 5.45. The summed E-state index contributed by atoms with van der Waals surface area (Å²) in [7, 11) is 0. The van der Waals surface area contributed by atoms with Crippen LogP contribution in [0.2, 0.25) is 0 Å². The van der Waals surface area contributed by atoms with Gasteiger partial charge in [0.15, 0.2) is 0 Å². The SMILES string of the molecule is CC1CC(O)(CCc2ccsc2)CCO1. The fourth-order valence-corrected chi connectivity index (χ4v) is 2.89. The van der Waals surface area contributed by atoms with E-state index in [2.05, 4.69) is 16.8 Å². The maximum Gasteiger partial charge on any atom is 0.0697 e. The van der Waals surface area contributed by atoms with Crippen molar-refractivity contribution >= 4 is 11.3 Å². The third-order valence-corrected chi connectivity index (χ3v) is 3.83. The lowest BCUT2D eigenvalue weighted by Crippen LogP contribution is -2.40. The number of aliphatic hydroxyl groups is 1. The van der Waals surface area contributed by atoms with E-state index in [0.717, 1.165) is 25.7 Å². The molecule has 0 saturated carbocycles. The van der Waals surface area contributed by atoms with Crippen LogP contribution in [0.5, 0.6) is 0 Å². The fourth-order valence-electron chi connectivity index (χ4n) is 2.19. The molecule has 1 aliphatic heterocycles. The van der Waals surface area contributed by atoms with E-state index in [1.165, 1.54) is 5.56 Å². The van der Waals surface area contributed by atoms with Crippen molar-refractivity contribution in [2.24, 2.45) is 0 Å². The largest absolute Gasteiger partial charge is 0.390 e. The van der Waals surface area contributed by atoms with E-state index in [4.69, 9.17) is 4.74 Å². The molecule has 0 spiro atoms. The maximum atomic E-state index is 10.4. The summed E-state index contributed by atoms with van der Waals surface area (Å²) in [5.41, 5.74) is 0.840. The van der Waals surface area contributed by atoms with Crippen LogP contribution in [0.1, 0.15) is 31.7 Å². The van der Waals surface area contributed by atoms with Gasteiger partial charge in [-0.05, 0) is 48.6 Å². The first-order chi connectivity index (χ1) is 7.18. The molecule has 1 aromatic rings. The van der Waals surface area contributed by atoms with Gasteiger partial charge in [-0.15, -0.1) is 0 Å². The molecule has 1 saturated heterocycles. The second-order valence-electron chi connectivity index (χ2n) is 4.49. The lowest BCUT2D eigenvalue weighted by Gasteiger charge is -2.35. The highest BCUT2D eigenvalue weighted by Gasteiger charge is 2.32. The molecule has 0 aliphatic carbocycles. The lowest BCUT2D eigenvalue weighted by molar-refractivity contribution is -0.100. The number of hydrogen-bond acceptors (Lipinski definition) is 3. The zero-order valence-corrected chi connectivity index (χ0v) is 9.93. The molecule has 2 rings (SSSR count). The van der Waals surface area contributed by atoms with Gasteiger partial charge < -0.3 is 9.84 Å². The molecule has 84 valence electrons. The zero-order chi connectivity index (χ0) is 10.7. The Morgan fingerprint density at radius 1 is 1.67 bits per heavy atom. The Morgan fingerprint density at radius 3 is 3.20 bits per heavy atom. The van der Waals surface area contributed by atoms with Crippen molar-refractivity contribution in [2.45, 2.75) is 44.3 Å². The van der Waals surface area contributed by atoms with Gasteiger partial charge in [-0.2, -0.15) is 11.3 Å². The third kappa shape index (κ3) is 3.03. The van der Waals surface area contributed by atoms with Crippen LogP contribution in [-0.4, -0.2) is 23.4 Å². The molecular formula is C12H18O2S. The molecular weight excluding hydrogens is 208 g/mol. The van der Waals surface area contributed by atoms with E-state index in [9.17, 15) is 5.11 Å². The normalized spacial score (nSPS) is 31.7. The zero-order valence-electron chi connectivity index (χ0n) is 9.11. The van der Waals surface area contributed by atoms with Crippen LogP contribution in [0, 0.1) is 0 Å². The van der Waals surface area contributed by atoms with Crippen LogP contribution >= 0.6 is 11.3 Å². The highest BCUT2D eigenvalue weighted by atomic mass is 32.1. The van der Waals surface area contributed by atoms with Crippen molar-refractivity contribution in [1.82, 2.24) is 0 Å². The molecule has 2 heterocycles. The molecule has 0 radical (unpaired) electrons. The summed E-state index contributed by atoms with van der Waals surface area (Å²) in [6.07, 6.45) is 3.59. The van der Waals surface area contributed by atoms with Crippen molar-refractivity contribution in [3.8, 4) is 0 Å². The summed E-state index contributed by atoms with van der Waals surface area (Å²) in [4.78, 5) is 0. The lowest BCUT2D eigenvalue weighted by atomic mass is 9.86. The highest BCUT2D eigenvalue weighted by Crippen LogP contribution is 2.29. The van der Waals surface area contributed by atoms with Crippen molar-refractivity contribution in [3.63, 3.8) is 0 Å². The number of aryl methyl sites for hydroxylation is 1. The van der Waals surface area contributed by atoms with E-state index in [-0.39, 0.29) is 6.10 Å². The van der Waals surface area contributed by atoms with Gasteiger partial charge >= 0.3 is 0 Å². The van der Waals surface area contributed by atoms with E-state index in [1.54, 1.807) is 11.3 Å². The molecule has 0 bridgehead atoms. The van der Waals surface area contributed by atoms with E-state index >= 15 is 0 Å². The average molecular weight is 226 g/mol. The predicted octanol–water partition coefficient (Wildman–Crippen LogP) is 2.61. The molecule has 1 aliphatic rings. The average Bonchev–Trinajstić information content (AvgIpc) is 2.67. The minimum atomic E-state index is -0.500. The number of thiophene rings is 1. The topological polar surface area (TPSA) is 29.5 Å². The van der Waals surface area contributed by atoms with E-state index < -0.39 is 5.60 Å². The van der Waals surface area contributed by atoms with Gasteiger partial charge in [0.1, 0.15) is 0 Å². The Balaban J connectivity index is 1.87. The van der Waals surface area contributed by atoms with Crippen LogP contribution in [0.3, 0.4) is 0 Å². The van der Waals surface area contributed by atoms with E-state index in [1.807, 2.05) is 6.92 Å². The van der Waals surface area contributed by atoms with Gasteiger partial charge in [0.05, 0.1) is 11.7 Å². The summed E-state index contributed by atoms with van der Waals surface area (Å²) in [5, 5.41) is 14.6. The van der Waals surface area contributed by atoms with Gasteiger partial charge in [0.25, 0.3) is 0 Å². The second-order valence-corrected chi connectivity index (χ2v) is 5.27. The van der Waals surface area contributed by atoms with Crippen molar-refractivity contribution < 1.29 is 9.84 Å². The number of ether oxygens (including phenoxy) is 1. The number of rotatable bonds is 3. The fraction of sp³-hybridized carbons (Fsp3) is 0.667. The first-order valence-electron chi connectivity index (χ1n) is 5.53. The van der Waals surface area contributed by atoms with Gasteiger partial charge in [0.2, 0.25) is 0 Å². The Morgan fingerprint density at radius 2 is 2.53 bits per heavy atom.